The molecular formula is C28H25NO4S. The van der Waals surface area contributed by atoms with E-state index in [1.54, 1.807) is 43.3 Å². The van der Waals surface area contributed by atoms with E-state index in [0.717, 1.165) is 21.0 Å². The van der Waals surface area contributed by atoms with Crippen molar-refractivity contribution in [2.24, 2.45) is 0 Å². The fourth-order valence-electron chi connectivity index (χ4n) is 3.70. The van der Waals surface area contributed by atoms with E-state index < -0.39 is 22.5 Å². The second-order valence-electron chi connectivity index (χ2n) is 7.85. The number of amides is 1. The highest BCUT2D eigenvalue weighted by atomic mass is 32.2. The lowest BCUT2D eigenvalue weighted by molar-refractivity contribution is -0.119. The Morgan fingerprint density at radius 3 is 2.09 bits per heavy atom. The molecule has 0 N–H and O–H groups in total. The van der Waals surface area contributed by atoms with Gasteiger partial charge in [-0.15, -0.1) is 0 Å². The van der Waals surface area contributed by atoms with Gasteiger partial charge in [0, 0.05) is 5.56 Å². The van der Waals surface area contributed by atoms with Crippen LogP contribution in [0.5, 0.6) is 5.75 Å². The molecule has 0 aromatic heterocycles. The molecule has 0 aliphatic carbocycles. The minimum atomic E-state index is -4.16. The van der Waals surface area contributed by atoms with Crippen molar-refractivity contribution in [1.82, 2.24) is 0 Å². The van der Waals surface area contributed by atoms with Crippen LogP contribution in [0.3, 0.4) is 0 Å². The molecule has 0 heterocycles. The van der Waals surface area contributed by atoms with Crippen LogP contribution in [-0.4, -0.2) is 20.9 Å². The highest BCUT2D eigenvalue weighted by Crippen LogP contribution is 2.31. The first kappa shape index (κ1) is 23.3. The first-order valence-electron chi connectivity index (χ1n) is 10.9. The Balaban J connectivity index is 1.70. The maximum absolute atomic E-state index is 13.6. The predicted octanol–water partition coefficient (Wildman–Crippen LogP) is 5.77. The maximum atomic E-state index is 13.6. The normalized spacial score (nSPS) is 11.1. The molecule has 34 heavy (non-hydrogen) atoms. The summed E-state index contributed by atoms with van der Waals surface area (Å²) >= 11 is 0. The molecule has 0 unspecified atom stereocenters. The summed E-state index contributed by atoms with van der Waals surface area (Å²) in [6.07, 6.45) is 0. The van der Waals surface area contributed by atoms with Gasteiger partial charge < -0.3 is 4.74 Å². The third kappa shape index (κ3) is 4.72. The first-order chi connectivity index (χ1) is 16.4. The summed E-state index contributed by atoms with van der Waals surface area (Å²) < 4.78 is 33.9. The minimum absolute atomic E-state index is 0.0361. The number of carbonyl (C=O) groups is 1. The van der Waals surface area contributed by atoms with Crippen LogP contribution in [0.1, 0.15) is 11.1 Å². The lowest BCUT2D eigenvalue weighted by Crippen LogP contribution is -2.40. The van der Waals surface area contributed by atoms with E-state index in [9.17, 15) is 13.2 Å². The van der Waals surface area contributed by atoms with Gasteiger partial charge in [0.05, 0.1) is 10.6 Å². The van der Waals surface area contributed by atoms with Gasteiger partial charge in [-0.3, -0.25) is 4.79 Å². The van der Waals surface area contributed by atoms with Crippen molar-refractivity contribution in [2.45, 2.75) is 18.7 Å². The molecule has 0 fully saturated rings. The molecule has 0 atom stereocenters. The summed E-state index contributed by atoms with van der Waals surface area (Å²) in [5.74, 6) is -0.180. The van der Waals surface area contributed by atoms with Crippen LogP contribution in [0, 0.1) is 13.8 Å². The van der Waals surface area contributed by atoms with E-state index in [1.165, 1.54) is 12.1 Å². The first-order valence-corrected chi connectivity index (χ1v) is 12.3. The molecule has 6 heteroatoms. The average molecular weight is 472 g/mol. The van der Waals surface area contributed by atoms with Crippen LogP contribution in [0.2, 0.25) is 0 Å². The second kappa shape index (κ2) is 9.93. The van der Waals surface area contributed by atoms with Crippen molar-refractivity contribution in [1.29, 1.82) is 0 Å². The third-order valence-corrected chi connectivity index (χ3v) is 7.37. The number of rotatable bonds is 7. The smallest absolute Gasteiger partial charge is 0.278 e. The van der Waals surface area contributed by atoms with E-state index in [2.05, 4.69) is 0 Å². The SMILES string of the molecule is Cc1cccc(N(C(=O)COc2ccccc2-c2ccccc2)S(=O)(=O)c2ccccc2)c1C. The van der Waals surface area contributed by atoms with Gasteiger partial charge in [-0.05, 0) is 54.8 Å². The zero-order valence-corrected chi connectivity index (χ0v) is 19.8. The summed E-state index contributed by atoms with van der Waals surface area (Å²) in [7, 11) is -4.16. The zero-order valence-electron chi connectivity index (χ0n) is 19.0. The largest absolute Gasteiger partial charge is 0.483 e. The summed E-state index contributed by atoms with van der Waals surface area (Å²) in [6, 6.07) is 30.2. The standard InChI is InChI=1S/C28H25NO4S/c1-21-12-11-18-26(22(21)2)29(34(31,32)24-15-7-4-8-16-24)28(30)20-33-27-19-10-9-17-25(27)23-13-5-3-6-14-23/h3-19H,20H2,1-2H3. The number of hydrogen-bond acceptors (Lipinski definition) is 4. The Bertz CT molecular complexity index is 1400. The monoisotopic (exact) mass is 471 g/mol. The van der Waals surface area contributed by atoms with Crippen LogP contribution in [0.15, 0.2) is 108 Å². The maximum Gasteiger partial charge on any atom is 0.278 e. The Morgan fingerprint density at radius 1 is 0.765 bits per heavy atom. The van der Waals surface area contributed by atoms with Gasteiger partial charge in [0.1, 0.15) is 5.75 Å². The number of benzene rings is 4. The minimum Gasteiger partial charge on any atom is -0.483 e. The van der Waals surface area contributed by atoms with Gasteiger partial charge >= 0.3 is 0 Å². The van der Waals surface area contributed by atoms with Crippen LogP contribution < -0.4 is 9.04 Å². The molecule has 0 saturated heterocycles. The Hall–Kier alpha value is -3.90. The van der Waals surface area contributed by atoms with Crippen LogP contribution in [-0.2, 0) is 14.8 Å². The number of carbonyl (C=O) groups excluding carboxylic acids is 1. The van der Waals surface area contributed by atoms with Gasteiger partial charge in [-0.25, -0.2) is 8.42 Å². The van der Waals surface area contributed by atoms with Crippen molar-refractivity contribution in [3.63, 3.8) is 0 Å². The zero-order chi connectivity index (χ0) is 24.1. The molecule has 0 spiro atoms. The molecule has 0 saturated carbocycles. The van der Waals surface area contributed by atoms with Crippen molar-refractivity contribution in [2.75, 3.05) is 10.9 Å². The number of para-hydroxylation sites is 1. The molecule has 4 aromatic rings. The highest BCUT2D eigenvalue weighted by molar-refractivity contribution is 7.93. The number of aryl methyl sites for hydroxylation is 1. The summed E-state index contributed by atoms with van der Waals surface area (Å²) in [5, 5.41) is 0. The molecule has 5 nitrogen and oxygen atoms in total. The summed E-state index contributed by atoms with van der Waals surface area (Å²) in [5.41, 5.74) is 3.66. The average Bonchev–Trinajstić information content (AvgIpc) is 2.86. The molecule has 0 aliphatic heterocycles. The highest BCUT2D eigenvalue weighted by Gasteiger charge is 2.32. The summed E-state index contributed by atoms with van der Waals surface area (Å²) in [6.45, 7) is 3.24. The van der Waals surface area contributed by atoms with E-state index in [1.807, 2.05) is 61.5 Å². The predicted molar refractivity (Wildman–Crippen MR) is 134 cm³/mol. The Morgan fingerprint density at radius 2 is 1.38 bits per heavy atom. The molecule has 4 aromatic carbocycles. The molecule has 0 bridgehead atoms. The van der Waals surface area contributed by atoms with E-state index in [-0.39, 0.29) is 4.90 Å². The molecule has 4 rings (SSSR count). The number of sulfonamides is 1. The summed E-state index contributed by atoms with van der Waals surface area (Å²) in [4.78, 5) is 13.5. The molecule has 0 radical (unpaired) electrons. The van der Waals surface area contributed by atoms with E-state index in [0.29, 0.717) is 17.0 Å². The molecular weight excluding hydrogens is 446 g/mol. The van der Waals surface area contributed by atoms with Crippen LogP contribution in [0.25, 0.3) is 11.1 Å². The fraction of sp³-hybridized carbons (Fsp3) is 0.107. The van der Waals surface area contributed by atoms with Crippen molar-refractivity contribution < 1.29 is 17.9 Å². The van der Waals surface area contributed by atoms with Gasteiger partial charge in [0.2, 0.25) is 0 Å². The number of nitrogens with zero attached hydrogens (tertiary/aromatic N) is 1. The fourth-order valence-corrected chi connectivity index (χ4v) is 5.19. The molecule has 172 valence electrons. The quantitative estimate of drug-likeness (QED) is 0.343. The topological polar surface area (TPSA) is 63.7 Å². The Labute approximate surface area is 200 Å². The number of hydrogen-bond donors (Lipinski definition) is 0. The lowest BCUT2D eigenvalue weighted by Gasteiger charge is -2.25. The van der Waals surface area contributed by atoms with Crippen molar-refractivity contribution >= 4 is 21.6 Å². The van der Waals surface area contributed by atoms with Gasteiger partial charge in [0.15, 0.2) is 6.61 Å². The Kier molecular flexibility index (Phi) is 6.80. The van der Waals surface area contributed by atoms with Crippen LogP contribution in [0.4, 0.5) is 5.69 Å². The third-order valence-electron chi connectivity index (χ3n) is 5.63. The number of ether oxygens (including phenoxy) is 1. The van der Waals surface area contributed by atoms with Crippen LogP contribution >= 0.6 is 0 Å². The number of anilines is 1. The molecule has 1 amide bonds. The van der Waals surface area contributed by atoms with Gasteiger partial charge in [-0.2, -0.15) is 4.31 Å². The lowest BCUT2D eigenvalue weighted by atomic mass is 10.1. The van der Waals surface area contributed by atoms with E-state index >= 15 is 0 Å². The van der Waals surface area contributed by atoms with E-state index in [4.69, 9.17) is 4.74 Å². The van der Waals surface area contributed by atoms with Gasteiger partial charge in [0.25, 0.3) is 15.9 Å². The molecule has 0 aliphatic rings. The second-order valence-corrected chi connectivity index (χ2v) is 9.63. The van der Waals surface area contributed by atoms with Crippen molar-refractivity contribution in [3.8, 4) is 16.9 Å². The van der Waals surface area contributed by atoms with Crippen molar-refractivity contribution in [3.05, 3.63) is 114 Å². The van der Waals surface area contributed by atoms with Gasteiger partial charge in [-0.1, -0.05) is 78.9 Å².